The van der Waals surface area contributed by atoms with Crippen molar-refractivity contribution in [1.29, 1.82) is 0 Å². The van der Waals surface area contributed by atoms with Crippen LogP contribution < -0.4 is 0 Å². The maximum Gasteiger partial charge on any atom is 0.305 e. The first-order valence-corrected chi connectivity index (χ1v) is 11.7. The third-order valence-electron chi connectivity index (χ3n) is 5.87. The van der Waals surface area contributed by atoms with Crippen LogP contribution in [0.2, 0.25) is 0 Å². The quantitative estimate of drug-likeness (QED) is 0.480. The van der Waals surface area contributed by atoms with E-state index in [1.807, 2.05) is 19.2 Å². The summed E-state index contributed by atoms with van der Waals surface area (Å²) in [4.78, 5) is 16.3. The Labute approximate surface area is 190 Å². The third kappa shape index (κ3) is 8.04. The summed E-state index contributed by atoms with van der Waals surface area (Å²) in [7, 11) is 0. The van der Waals surface area contributed by atoms with Crippen molar-refractivity contribution >= 4 is 5.97 Å². The van der Waals surface area contributed by atoms with Gasteiger partial charge < -0.3 is 19.3 Å². The van der Waals surface area contributed by atoms with E-state index in [9.17, 15) is 14.3 Å². The molecule has 0 aliphatic carbocycles. The number of aliphatic hydroxyl groups is 1. The minimum atomic E-state index is -0.727. The van der Waals surface area contributed by atoms with E-state index in [4.69, 9.17) is 4.74 Å². The number of halogens is 1. The molecule has 2 heterocycles. The second kappa shape index (κ2) is 12.7. The van der Waals surface area contributed by atoms with Crippen LogP contribution >= 0.6 is 0 Å². The van der Waals surface area contributed by atoms with Gasteiger partial charge in [-0.3, -0.25) is 9.69 Å². The molecule has 1 N–H and O–H groups in total. The number of carbonyl (C=O) groups excluding carboxylic acids is 1. The van der Waals surface area contributed by atoms with Gasteiger partial charge in [-0.25, -0.2) is 4.39 Å². The van der Waals surface area contributed by atoms with Gasteiger partial charge in [0.15, 0.2) is 0 Å². The molecule has 3 rings (SSSR count). The number of rotatable bonds is 13. The van der Waals surface area contributed by atoms with Gasteiger partial charge in [0, 0.05) is 51.0 Å². The lowest BCUT2D eigenvalue weighted by Gasteiger charge is -2.27. The molecule has 1 aliphatic heterocycles. The van der Waals surface area contributed by atoms with Crippen molar-refractivity contribution in [3.8, 4) is 0 Å². The molecular weight excluding hydrogens is 409 g/mol. The first-order valence-electron chi connectivity index (χ1n) is 11.7. The molecule has 1 aromatic carbocycles. The molecule has 2 aromatic rings. The minimum Gasteiger partial charge on any atom is -0.463 e. The molecule has 0 saturated carbocycles. The summed E-state index contributed by atoms with van der Waals surface area (Å²) in [5.41, 5.74) is 2.17. The van der Waals surface area contributed by atoms with Gasteiger partial charge in [0.1, 0.15) is 18.5 Å². The number of carbonyl (C=O) groups is 1. The zero-order chi connectivity index (χ0) is 22.8. The van der Waals surface area contributed by atoms with E-state index in [1.54, 1.807) is 12.1 Å². The number of ether oxygens (including phenoxy) is 1. The van der Waals surface area contributed by atoms with Crippen LogP contribution in [-0.2, 0) is 22.6 Å². The topological polar surface area (TPSA) is 57.9 Å². The van der Waals surface area contributed by atoms with Gasteiger partial charge in [-0.15, -0.1) is 0 Å². The fourth-order valence-electron chi connectivity index (χ4n) is 4.10. The number of aliphatic hydroxyl groups excluding tert-OH is 1. The lowest BCUT2D eigenvalue weighted by atomic mass is 10.2. The summed E-state index contributed by atoms with van der Waals surface area (Å²) in [6.07, 6.45) is 4.91. The molecule has 6 nitrogen and oxygen atoms in total. The van der Waals surface area contributed by atoms with Crippen LogP contribution in [-0.4, -0.2) is 70.9 Å². The second-order valence-electron chi connectivity index (χ2n) is 8.62. The average molecular weight is 446 g/mol. The molecule has 32 heavy (non-hydrogen) atoms. The van der Waals surface area contributed by atoms with Crippen LogP contribution in [0.15, 0.2) is 42.6 Å². The summed E-state index contributed by atoms with van der Waals surface area (Å²) in [5, 5.41) is 10.5. The average Bonchev–Trinajstić information content (AvgIpc) is 3.45. The minimum absolute atomic E-state index is 0.0235. The Balaban J connectivity index is 1.60. The normalized spacial score (nSPS) is 15.4. The first kappa shape index (κ1) is 24.4. The van der Waals surface area contributed by atoms with Crippen molar-refractivity contribution in [2.45, 2.75) is 51.8 Å². The van der Waals surface area contributed by atoms with E-state index < -0.39 is 6.10 Å². The fraction of sp³-hybridized carbons (Fsp3) is 0.560. The SMILES string of the molecule is CCCC(=O)OCC(O)CN(CCN1CCCC1)Cc1cccn1Cc1ccc(F)cc1. The van der Waals surface area contributed by atoms with E-state index in [-0.39, 0.29) is 18.4 Å². The second-order valence-corrected chi connectivity index (χ2v) is 8.62. The van der Waals surface area contributed by atoms with E-state index in [0.717, 1.165) is 43.9 Å². The van der Waals surface area contributed by atoms with Crippen molar-refractivity contribution in [3.63, 3.8) is 0 Å². The van der Waals surface area contributed by atoms with E-state index >= 15 is 0 Å². The predicted molar refractivity (Wildman–Crippen MR) is 123 cm³/mol. The zero-order valence-corrected chi connectivity index (χ0v) is 19.1. The Kier molecular flexibility index (Phi) is 9.71. The van der Waals surface area contributed by atoms with Crippen LogP contribution in [0, 0.1) is 5.82 Å². The summed E-state index contributed by atoms with van der Waals surface area (Å²) in [5.74, 6) is -0.494. The Hall–Kier alpha value is -2.22. The van der Waals surface area contributed by atoms with Crippen LogP contribution in [0.4, 0.5) is 4.39 Å². The third-order valence-corrected chi connectivity index (χ3v) is 5.87. The summed E-state index contributed by atoms with van der Waals surface area (Å²) < 4.78 is 20.6. The Morgan fingerprint density at radius 2 is 1.97 bits per heavy atom. The molecule has 1 saturated heterocycles. The molecular formula is C25H36FN3O3. The Morgan fingerprint density at radius 1 is 1.22 bits per heavy atom. The summed E-state index contributed by atoms with van der Waals surface area (Å²) in [6.45, 7) is 7.80. The molecule has 176 valence electrons. The highest BCUT2D eigenvalue weighted by Gasteiger charge is 2.18. The van der Waals surface area contributed by atoms with Gasteiger partial charge in [0.2, 0.25) is 0 Å². The number of hydrogen-bond acceptors (Lipinski definition) is 5. The largest absolute Gasteiger partial charge is 0.463 e. The van der Waals surface area contributed by atoms with Gasteiger partial charge in [-0.2, -0.15) is 0 Å². The number of esters is 1. The molecule has 1 unspecified atom stereocenters. The molecule has 1 fully saturated rings. The number of aromatic nitrogens is 1. The van der Waals surface area contributed by atoms with Crippen LogP contribution in [0.1, 0.15) is 43.9 Å². The highest BCUT2D eigenvalue weighted by molar-refractivity contribution is 5.69. The molecule has 1 aromatic heterocycles. The molecule has 0 bridgehead atoms. The summed E-state index contributed by atoms with van der Waals surface area (Å²) in [6, 6.07) is 10.7. The van der Waals surface area contributed by atoms with Crippen molar-refractivity contribution in [2.75, 3.05) is 39.3 Å². The van der Waals surface area contributed by atoms with Crippen LogP contribution in [0.5, 0.6) is 0 Å². The van der Waals surface area contributed by atoms with Crippen molar-refractivity contribution in [2.24, 2.45) is 0 Å². The van der Waals surface area contributed by atoms with Gasteiger partial charge >= 0.3 is 5.97 Å². The predicted octanol–water partition coefficient (Wildman–Crippen LogP) is 3.28. The van der Waals surface area contributed by atoms with E-state index in [2.05, 4.69) is 20.4 Å². The first-order chi connectivity index (χ1) is 15.5. The Morgan fingerprint density at radius 3 is 2.69 bits per heavy atom. The number of likely N-dealkylation sites (tertiary alicyclic amines) is 1. The maximum atomic E-state index is 13.2. The van der Waals surface area contributed by atoms with Crippen molar-refractivity contribution in [3.05, 3.63) is 59.7 Å². The van der Waals surface area contributed by atoms with Crippen molar-refractivity contribution in [1.82, 2.24) is 14.4 Å². The van der Waals surface area contributed by atoms with Crippen molar-refractivity contribution < 1.29 is 19.0 Å². The maximum absolute atomic E-state index is 13.2. The van der Waals surface area contributed by atoms with Gasteiger partial charge in [-0.05, 0) is 62.2 Å². The highest BCUT2D eigenvalue weighted by atomic mass is 19.1. The molecule has 1 aliphatic rings. The van der Waals surface area contributed by atoms with E-state index in [1.165, 1.54) is 25.0 Å². The fourth-order valence-corrected chi connectivity index (χ4v) is 4.10. The molecule has 0 spiro atoms. The highest BCUT2D eigenvalue weighted by Crippen LogP contribution is 2.13. The zero-order valence-electron chi connectivity index (χ0n) is 19.1. The number of hydrogen-bond donors (Lipinski definition) is 1. The monoisotopic (exact) mass is 445 g/mol. The van der Waals surface area contributed by atoms with Gasteiger partial charge in [-0.1, -0.05) is 19.1 Å². The molecule has 1 atom stereocenters. The molecule has 7 heteroatoms. The lowest BCUT2D eigenvalue weighted by molar-refractivity contribution is -0.147. The molecule has 0 radical (unpaired) electrons. The van der Waals surface area contributed by atoms with E-state index in [0.29, 0.717) is 26.1 Å². The number of benzene rings is 1. The lowest BCUT2D eigenvalue weighted by Crippen LogP contribution is -2.40. The van der Waals surface area contributed by atoms with Gasteiger partial charge in [0.25, 0.3) is 0 Å². The standard InChI is InChI=1S/C25H36FN3O3/c1-2-6-25(31)32-20-24(30)19-28(16-15-27-12-3-4-13-27)18-23-7-5-14-29(23)17-21-8-10-22(26)11-9-21/h5,7-11,14,24,30H,2-4,6,12-13,15-20H2,1H3. The number of nitrogens with zero attached hydrogens (tertiary/aromatic N) is 3. The molecule has 0 amide bonds. The summed E-state index contributed by atoms with van der Waals surface area (Å²) >= 11 is 0. The van der Waals surface area contributed by atoms with Gasteiger partial charge in [0.05, 0.1) is 0 Å². The Bertz CT molecular complexity index is 818. The van der Waals surface area contributed by atoms with Crippen LogP contribution in [0.25, 0.3) is 0 Å². The smallest absolute Gasteiger partial charge is 0.305 e. The van der Waals surface area contributed by atoms with Crippen LogP contribution in [0.3, 0.4) is 0 Å².